The van der Waals surface area contributed by atoms with Crippen LogP contribution in [-0.2, 0) is 6.54 Å². The molecule has 2 aliphatic rings. The van der Waals surface area contributed by atoms with Gasteiger partial charge in [0, 0.05) is 60.3 Å². The standard InChI is InChI=1S/C23H25N9S/c1-16-18(4-8-25-22(16)31-10-2-7-28-31)33-20-14-26-19(13-27-20)30-11-5-23(6-12-30)15-32-17(21(23)24)3-9-29-32/h2-4,7-10,13-14,21H,5-6,11-12,15,24H2,1H3/t21-/m1/s1. The first-order valence-electron chi connectivity index (χ1n) is 11.1. The highest BCUT2D eigenvalue weighted by Gasteiger charge is 2.46. The number of rotatable bonds is 4. The maximum atomic E-state index is 6.61. The number of aromatic nitrogens is 7. The quantitative estimate of drug-likeness (QED) is 0.497. The molecule has 33 heavy (non-hydrogen) atoms. The van der Waals surface area contributed by atoms with Crippen molar-refractivity contribution >= 4 is 17.6 Å². The minimum atomic E-state index is 0.0576. The van der Waals surface area contributed by atoms with Crippen molar-refractivity contribution in [3.63, 3.8) is 0 Å². The molecule has 0 amide bonds. The van der Waals surface area contributed by atoms with E-state index in [-0.39, 0.29) is 11.5 Å². The van der Waals surface area contributed by atoms with E-state index in [2.05, 4.69) is 42.7 Å². The van der Waals surface area contributed by atoms with Crippen molar-refractivity contribution in [2.24, 2.45) is 11.1 Å². The lowest BCUT2D eigenvalue weighted by Gasteiger charge is -2.41. The van der Waals surface area contributed by atoms with Crippen LogP contribution in [0, 0.1) is 12.3 Å². The molecule has 0 unspecified atom stereocenters. The molecule has 0 aromatic carbocycles. The van der Waals surface area contributed by atoms with Crippen LogP contribution in [-0.4, -0.2) is 47.6 Å². The van der Waals surface area contributed by atoms with Crippen molar-refractivity contribution in [2.75, 3.05) is 18.0 Å². The minimum absolute atomic E-state index is 0.0576. The summed E-state index contributed by atoms with van der Waals surface area (Å²) >= 11 is 1.59. The summed E-state index contributed by atoms with van der Waals surface area (Å²) in [5.74, 6) is 1.74. The van der Waals surface area contributed by atoms with E-state index in [1.165, 1.54) is 0 Å². The first-order chi connectivity index (χ1) is 16.1. The normalized spacial score (nSPS) is 19.2. The number of nitrogens with zero attached hydrogens (tertiary/aromatic N) is 8. The Labute approximate surface area is 196 Å². The maximum Gasteiger partial charge on any atom is 0.157 e. The fraction of sp³-hybridized carbons (Fsp3) is 0.348. The number of hydrogen-bond donors (Lipinski definition) is 1. The summed E-state index contributed by atoms with van der Waals surface area (Å²) in [6.45, 7) is 4.82. The van der Waals surface area contributed by atoms with E-state index in [0.29, 0.717) is 0 Å². The second kappa shape index (κ2) is 7.96. The predicted molar refractivity (Wildman–Crippen MR) is 125 cm³/mol. The van der Waals surface area contributed by atoms with Gasteiger partial charge in [0.15, 0.2) is 5.82 Å². The average molecular weight is 460 g/mol. The van der Waals surface area contributed by atoms with Gasteiger partial charge < -0.3 is 10.6 Å². The van der Waals surface area contributed by atoms with Gasteiger partial charge in [-0.1, -0.05) is 11.8 Å². The van der Waals surface area contributed by atoms with Gasteiger partial charge in [-0.3, -0.25) is 4.68 Å². The SMILES string of the molecule is Cc1c(Sc2cnc(N3CCC4(CC3)Cn3nccc3[C@H]4N)cn2)ccnc1-n1cccn1. The van der Waals surface area contributed by atoms with Crippen LogP contribution < -0.4 is 10.6 Å². The van der Waals surface area contributed by atoms with Gasteiger partial charge >= 0.3 is 0 Å². The molecule has 1 atom stereocenters. The van der Waals surface area contributed by atoms with Gasteiger partial charge in [0.1, 0.15) is 10.8 Å². The van der Waals surface area contributed by atoms with E-state index in [4.69, 9.17) is 10.7 Å². The van der Waals surface area contributed by atoms with Crippen molar-refractivity contribution < 1.29 is 0 Å². The molecule has 6 heterocycles. The molecule has 10 heteroatoms. The summed E-state index contributed by atoms with van der Waals surface area (Å²) in [6, 6.07) is 6.00. The van der Waals surface area contributed by atoms with E-state index in [9.17, 15) is 0 Å². The summed E-state index contributed by atoms with van der Waals surface area (Å²) in [7, 11) is 0. The van der Waals surface area contributed by atoms with Gasteiger partial charge in [-0.15, -0.1) is 0 Å². The van der Waals surface area contributed by atoms with E-state index >= 15 is 0 Å². The first kappa shape index (κ1) is 20.4. The topological polar surface area (TPSA) is 104 Å². The first-order valence-corrected chi connectivity index (χ1v) is 11.9. The lowest BCUT2D eigenvalue weighted by Crippen LogP contribution is -2.45. The number of hydrogen-bond acceptors (Lipinski definition) is 8. The summed E-state index contributed by atoms with van der Waals surface area (Å²) in [5, 5.41) is 9.59. The van der Waals surface area contributed by atoms with Gasteiger partial charge in [0.05, 0.1) is 24.1 Å². The predicted octanol–water partition coefficient (Wildman–Crippen LogP) is 3.01. The molecule has 6 rings (SSSR count). The van der Waals surface area contributed by atoms with E-state index < -0.39 is 0 Å². The zero-order valence-corrected chi connectivity index (χ0v) is 19.2. The van der Waals surface area contributed by atoms with Crippen LogP contribution in [0.25, 0.3) is 5.82 Å². The van der Waals surface area contributed by atoms with Crippen molar-refractivity contribution in [3.8, 4) is 5.82 Å². The smallest absolute Gasteiger partial charge is 0.157 e. The molecule has 4 aromatic heterocycles. The number of fused-ring (bicyclic) bond motifs is 1. The molecule has 1 saturated heterocycles. The third-order valence-electron chi connectivity index (χ3n) is 6.95. The Bertz CT molecular complexity index is 1260. The second-order valence-electron chi connectivity index (χ2n) is 8.76. The monoisotopic (exact) mass is 459 g/mol. The highest BCUT2D eigenvalue weighted by Crippen LogP contribution is 2.47. The molecule has 4 aromatic rings. The van der Waals surface area contributed by atoms with Crippen molar-refractivity contribution in [1.82, 2.24) is 34.5 Å². The lowest BCUT2D eigenvalue weighted by molar-refractivity contribution is 0.170. The van der Waals surface area contributed by atoms with Crippen LogP contribution in [0.15, 0.2) is 65.3 Å². The second-order valence-corrected chi connectivity index (χ2v) is 9.83. The van der Waals surface area contributed by atoms with E-state index in [1.54, 1.807) is 28.8 Å². The molecule has 9 nitrogen and oxygen atoms in total. The van der Waals surface area contributed by atoms with Crippen LogP contribution in [0.2, 0.25) is 0 Å². The summed E-state index contributed by atoms with van der Waals surface area (Å²) in [6.07, 6.45) is 13.1. The maximum absolute atomic E-state index is 6.61. The molecule has 0 radical (unpaired) electrons. The number of nitrogens with two attached hydrogens (primary N) is 1. The van der Waals surface area contributed by atoms with Gasteiger partial charge in [0.25, 0.3) is 0 Å². The van der Waals surface area contributed by atoms with Crippen LogP contribution in [0.4, 0.5) is 5.82 Å². The van der Waals surface area contributed by atoms with E-state index in [1.807, 2.05) is 36.9 Å². The van der Waals surface area contributed by atoms with Crippen molar-refractivity contribution in [2.45, 2.75) is 42.3 Å². The molecule has 1 fully saturated rings. The zero-order chi connectivity index (χ0) is 22.4. The Morgan fingerprint density at radius 3 is 2.64 bits per heavy atom. The van der Waals surface area contributed by atoms with Crippen LogP contribution in [0.3, 0.4) is 0 Å². The summed E-state index contributed by atoms with van der Waals surface area (Å²) in [4.78, 5) is 17.3. The van der Waals surface area contributed by atoms with Gasteiger partial charge in [-0.05, 0) is 38.0 Å². The zero-order valence-electron chi connectivity index (χ0n) is 18.4. The molecular formula is C23H25N9S. The summed E-state index contributed by atoms with van der Waals surface area (Å²) < 4.78 is 3.85. The van der Waals surface area contributed by atoms with Crippen LogP contribution in [0.1, 0.15) is 30.1 Å². The molecule has 0 aliphatic carbocycles. The van der Waals surface area contributed by atoms with Crippen LogP contribution >= 0.6 is 11.8 Å². The molecule has 1 spiro atoms. The Morgan fingerprint density at radius 2 is 1.91 bits per heavy atom. The third kappa shape index (κ3) is 3.50. The fourth-order valence-electron chi connectivity index (χ4n) is 4.98. The van der Waals surface area contributed by atoms with Gasteiger partial charge in [-0.2, -0.15) is 10.2 Å². The Kier molecular flexibility index (Phi) is 4.92. The molecule has 2 aliphatic heterocycles. The number of piperidine rings is 1. The van der Waals surface area contributed by atoms with Crippen LogP contribution in [0.5, 0.6) is 0 Å². The number of pyridine rings is 1. The lowest BCUT2D eigenvalue weighted by atomic mass is 9.73. The Balaban J connectivity index is 1.13. The van der Waals surface area contributed by atoms with Gasteiger partial charge in [0.2, 0.25) is 0 Å². The molecule has 0 bridgehead atoms. The third-order valence-corrected chi connectivity index (χ3v) is 8.04. The summed E-state index contributed by atoms with van der Waals surface area (Å²) in [5.41, 5.74) is 8.94. The molecule has 2 N–H and O–H groups in total. The van der Waals surface area contributed by atoms with Gasteiger partial charge in [-0.25, -0.2) is 19.6 Å². The highest BCUT2D eigenvalue weighted by molar-refractivity contribution is 7.99. The molecular weight excluding hydrogens is 434 g/mol. The van der Waals surface area contributed by atoms with Crippen molar-refractivity contribution in [1.29, 1.82) is 0 Å². The molecule has 0 saturated carbocycles. The Morgan fingerprint density at radius 1 is 1.03 bits per heavy atom. The number of anilines is 1. The highest BCUT2D eigenvalue weighted by atomic mass is 32.2. The minimum Gasteiger partial charge on any atom is -0.355 e. The molecule has 168 valence electrons. The fourth-order valence-corrected chi connectivity index (χ4v) is 5.79. The average Bonchev–Trinajstić information content (AvgIpc) is 3.57. The largest absolute Gasteiger partial charge is 0.355 e. The van der Waals surface area contributed by atoms with E-state index in [0.717, 1.165) is 65.3 Å². The van der Waals surface area contributed by atoms with Crippen molar-refractivity contribution in [3.05, 3.63) is 66.6 Å². The Hall–Kier alpha value is -3.24.